The summed E-state index contributed by atoms with van der Waals surface area (Å²) in [6.07, 6.45) is 4.36. The van der Waals surface area contributed by atoms with Crippen molar-refractivity contribution in [2.24, 2.45) is 5.92 Å². The van der Waals surface area contributed by atoms with Crippen LogP contribution in [-0.2, 0) is 21.3 Å². The van der Waals surface area contributed by atoms with E-state index in [1.807, 2.05) is 24.3 Å². The number of hydrogen-bond acceptors (Lipinski definition) is 3. The summed E-state index contributed by atoms with van der Waals surface area (Å²) in [7, 11) is -0.862. The molecule has 20 heavy (non-hydrogen) atoms. The maximum Gasteiger partial charge on any atom is 0.224 e. The summed E-state index contributed by atoms with van der Waals surface area (Å²) in [6.45, 7) is 2.10. The average molecular weight is 294 g/mol. The average Bonchev–Trinajstić information content (AvgIpc) is 2.89. The SMILES string of the molecule is CS(=O)Cc1cccc(NC(=O)CCC2CCNC2)c1. The van der Waals surface area contributed by atoms with Crippen LogP contribution >= 0.6 is 0 Å². The third-order valence-corrected chi connectivity index (χ3v) is 4.26. The van der Waals surface area contributed by atoms with Crippen LogP contribution < -0.4 is 10.6 Å². The van der Waals surface area contributed by atoms with E-state index in [0.29, 0.717) is 18.1 Å². The van der Waals surface area contributed by atoms with Gasteiger partial charge in [0, 0.05) is 34.9 Å². The largest absolute Gasteiger partial charge is 0.326 e. The minimum absolute atomic E-state index is 0.0617. The molecular formula is C15H22N2O2S. The first-order valence-corrected chi connectivity index (χ1v) is 8.76. The first-order valence-electron chi connectivity index (χ1n) is 7.03. The van der Waals surface area contributed by atoms with Gasteiger partial charge in [0.2, 0.25) is 5.91 Å². The molecule has 2 rings (SSSR count). The maximum atomic E-state index is 11.9. The number of carbonyl (C=O) groups excluding carboxylic acids is 1. The zero-order valence-corrected chi connectivity index (χ0v) is 12.7. The van der Waals surface area contributed by atoms with Crippen LogP contribution in [0.25, 0.3) is 0 Å². The normalized spacial score (nSPS) is 19.8. The predicted octanol–water partition coefficient (Wildman–Crippen LogP) is 1.89. The summed E-state index contributed by atoms with van der Waals surface area (Å²) in [6, 6.07) is 7.59. The van der Waals surface area contributed by atoms with Gasteiger partial charge in [-0.25, -0.2) is 0 Å². The molecule has 1 saturated heterocycles. The van der Waals surface area contributed by atoms with Crippen molar-refractivity contribution in [1.82, 2.24) is 5.32 Å². The van der Waals surface area contributed by atoms with E-state index in [2.05, 4.69) is 10.6 Å². The van der Waals surface area contributed by atoms with Crippen molar-refractivity contribution in [2.75, 3.05) is 24.7 Å². The van der Waals surface area contributed by atoms with Crippen LogP contribution in [0.3, 0.4) is 0 Å². The van der Waals surface area contributed by atoms with E-state index in [9.17, 15) is 9.00 Å². The van der Waals surface area contributed by atoms with E-state index in [-0.39, 0.29) is 5.91 Å². The fourth-order valence-electron chi connectivity index (χ4n) is 2.49. The Kier molecular flexibility index (Phi) is 5.73. The molecule has 2 N–H and O–H groups in total. The lowest BCUT2D eigenvalue weighted by Gasteiger charge is -2.09. The third kappa shape index (κ3) is 5.06. The second kappa shape index (κ2) is 7.55. The van der Waals surface area contributed by atoms with E-state index in [4.69, 9.17) is 0 Å². The van der Waals surface area contributed by atoms with Crippen LogP contribution in [0.15, 0.2) is 24.3 Å². The van der Waals surface area contributed by atoms with Gasteiger partial charge >= 0.3 is 0 Å². The van der Waals surface area contributed by atoms with Gasteiger partial charge in [-0.15, -0.1) is 0 Å². The minimum Gasteiger partial charge on any atom is -0.326 e. The van der Waals surface area contributed by atoms with E-state index in [1.54, 1.807) is 6.26 Å². The molecule has 0 radical (unpaired) electrons. The number of hydrogen-bond donors (Lipinski definition) is 2. The van der Waals surface area contributed by atoms with Crippen LogP contribution in [0.2, 0.25) is 0 Å². The highest BCUT2D eigenvalue weighted by molar-refractivity contribution is 7.83. The third-order valence-electron chi connectivity index (χ3n) is 3.52. The molecule has 2 atom stereocenters. The van der Waals surface area contributed by atoms with Gasteiger partial charge in [0.1, 0.15) is 0 Å². The molecule has 5 heteroatoms. The number of carbonyl (C=O) groups is 1. The summed E-state index contributed by atoms with van der Waals surface area (Å²) in [4.78, 5) is 11.9. The molecular weight excluding hydrogens is 272 g/mol. The van der Waals surface area contributed by atoms with Gasteiger partial charge in [-0.3, -0.25) is 9.00 Å². The van der Waals surface area contributed by atoms with E-state index in [0.717, 1.165) is 30.8 Å². The Labute approximate surface area is 122 Å². The van der Waals surface area contributed by atoms with Crippen LogP contribution in [-0.4, -0.2) is 29.5 Å². The number of benzene rings is 1. The maximum absolute atomic E-state index is 11.9. The van der Waals surface area contributed by atoms with Gasteiger partial charge in [-0.2, -0.15) is 0 Å². The molecule has 1 aliphatic rings. The monoisotopic (exact) mass is 294 g/mol. The Morgan fingerprint density at radius 1 is 1.50 bits per heavy atom. The molecule has 1 aliphatic heterocycles. The van der Waals surface area contributed by atoms with E-state index < -0.39 is 10.8 Å². The van der Waals surface area contributed by atoms with Gasteiger partial charge in [-0.1, -0.05) is 12.1 Å². The van der Waals surface area contributed by atoms with Gasteiger partial charge in [0.15, 0.2) is 0 Å². The molecule has 0 saturated carbocycles. The fourth-order valence-corrected chi connectivity index (χ4v) is 3.14. The highest BCUT2D eigenvalue weighted by Gasteiger charge is 2.15. The second-order valence-electron chi connectivity index (χ2n) is 5.36. The lowest BCUT2D eigenvalue weighted by Crippen LogP contribution is -2.15. The minimum atomic E-state index is -0.862. The van der Waals surface area contributed by atoms with Crippen molar-refractivity contribution in [1.29, 1.82) is 0 Å². The van der Waals surface area contributed by atoms with Crippen molar-refractivity contribution >= 4 is 22.4 Å². The Morgan fingerprint density at radius 2 is 2.35 bits per heavy atom. The summed E-state index contributed by atoms with van der Waals surface area (Å²) in [5.74, 6) is 1.22. The van der Waals surface area contributed by atoms with E-state index >= 15 is 0 Å². The molecule has 1 heterocycles. The Bertz CT molecular complexity index is 485. The molecule has 0 aromatic heterocycles. The van der Waals surface area contributed by atoms with Gasteiger partial charge < -0.3 is 10.6 Å². The highest BCUT2D eigenvalue weighted by Crippen LogP contribution is 2.16. The first-order chi connectivity index (χ1) is 9.63. The number of nitrogens with one attached hydrogen (secondary N) is 2. The molecule has 110 valence electrons. The van der Waals surface area contributed by atoms with Crippen molar-refractivity contribution in [3.8, 4) is 0 Å². The Morgan fingerprint density at radius 3 is 3.05 bits per heavy atom. The molecule has 0 spiro atoms. The van der Waals surface area contributed by atoms with Crippen LogP contribution in [0.5, 0.6) is 0 Å². The van der Waals surface area contributed by atoms with Crippen molar-refractivity contribution < 1.29 is 9.00 Å². The van der Waals surface area contributed by atoms with E-state index in [1.165, 1.54) is 6.42 Å². The summed E-state index contributed by atoms with van der Waals surface area (Å²) in [5.41, 5.74) is 1.78. The summed E-state index contributed by atoms with van der Waals surface area (Å²) >= 11 is 0. The molecule has 1 aromatic carbocycles. The lowest BCUT2D eigenvalue weighted by molar-refractivity contribution is -0.116. The van der Waals surface area contributed by atoms with Crippen molar-refractivity contribution in [2.45, 2.75) is 25.0 Å². The highest BCUT2D eigenvalue weighted by atomic mass is 32.2. The predicted molar refractivity (Wildman–Crippen MR) is 83.1 cm³/mol. The number of anilines is 1. The van der Waals surface area contributed by atoms with Crippen LogP contribution in [0.1, 0.15) is 24.8 Å². The number of rotatable bonds is 6. The smallest absolute Gasteiger partial charge is 0.224 e. The summed E-state index contributed by atoms with van der Waals surface area (Å²) in [5, 5.41) is 6.23. The molecule has 1 fully saturated rings. The second-order valence-corrected chi connectivity index (χ2v) is 6.80. The molecule has 1 aromatic rings. The number of amides is 1. The van der Waals surface area contributed by atoms with Crippen molar-refractivity contribution in [3.63, 3.8) is 0 Å². The Balaban J connectivity index is 1.82. The van der Waals surface area contributed by atoms with Crippen LogP contribution in [0, 0.1) is 5.92 Å². The fraction of sp³-hybridized carbons (Fsp3) is 0.533. The molecule has 0 bridgehead atoms. The molecule has 2 unspecified atom stereocenters. The topological polar surface area (TPSA) is 58.2 Å². The molecule has 1 amide bonds. The Hall–Kier alpha value is -1.20. The zero-order chi connectivity index (χ0) is 14.4. The van der Waals surface area contributed by atoms with Gasteiger partial charge in [-0.05, 0) is 49.5 Å². The van der Waals surface area contributed by atoms with Gasteiger partial charge in [0.25, 0.3) is 0 Å². The summed E-state index contributed by atoms with van der Waals surface area (Å²) < 4.78 is 11.2. The standard InChI is InChI=1S/C15H22N2O2S/c1-20(19)11-13-3-2-4-14(9-13)17-15(18)6-5-12-7-8-16-10-12/h2-4,9,12,16H,5-8,10-11H2,1H3,(H,17,18). The quantitative estimate of drug-likeness (QED) is 0.842. The van der Waals surface area contributed by atoms with Crippen LogP contribution in [0.4, 0.5) is 5.69 Å². The first kappa shape index (κ1) is 15.2. The van der Waals surface area contributed by atoms with Crippen molar-refractivity contribution in [3.05, 3.63) is 29.8 Å². The molecule has 4 nitrogen and oxygen atoms in total. The van der Waals surface area contributed by atoms with Gasteiger partial charge in [0.05, 0.1) is 0 Å². The molecule has 0 aliphatic carbocycles. The lowest BCUT2D eigenvalue weighted by atomic mass is 10.0. The zero-order valence-electron chi connectivity index (χ0n) is 11.9.